The van der Waals surface area contributed by atoms with Crippen LogP contribution in [0.3, 0.4) is 0 Å². The number of nitrogens with one attached hydrogen (secondary N) is 1. The van der Waals surface area contributed by atoms with Gasteiger partial charge in [-0.1, -0.05) is 48.5 Å². The van der Waals surface area contributed by atoms with E-state index in [4.69, 9.17) is 23.2 Å². The Hall–Kier alpha value is -2.17. The topological polar surface area (TPSA) is 63.2 Å². The Labute approximate surface area is 138 Å². The van der Waals surface area contributed by atoms with E-state index < -0.39 is 10.5 Å². The summed E-state index contributed by atoms with van der Waals surface area (Å²) in [5.74, 6) is -0.297. The molecule has 0 heterocycles. The van der Waals surface area contributed by atoms with Gasteiger partial charge >= 0.3 is 0 Å². The van der Waals surface area contributed by atoms with E-state index in [0.717, 1.165) is 0 Å². The van der Waals surface area contributed by atoms with E-state index in [1.807, 2.05) is 12.1 Å². The first-order valence-electron chi connectivity index (χ1n) is 6.27. The fourth-order valence-electron chi connectivity index (χ4n) is 1.41. The number of carbonyl (C=O) groups excluding carboxylic acids is 3. The first kappa shape index (κ1) is 17.9. The number of amides is 1. The summed E-state index contributed by atoms with van der Waals surface area (Å²) < 4.78 is 0. The second kappa shape index (κ2) is 9.71. The smallest absolute Gasteiger partial charge is 0.252 e. The molecule has 2 aromatic rings. The maximum atomic E-state index is 11.2. The van der Waals surface area contributed by atoms with Crippen molar-refractivity contribution in [3.63, 3.8) is 0 Å². The molecule has 0 aromatic heterocycles. The molecule has 22 heavy (non-hydrogen) atoms. The predicted molar refractivity (Wildman–Crippen MR) is 86.3 cm³/mol. The van der Waals surface area contributed by atoms with Crippen molar-refractivity contribution in [1.29, 1.82) is 0 Å². The summed E-state index contributed by atoms with van der Waals surface area (Å²) in [7, 11) is 0. The van der Waals surface area contributed by atoms with Crippen LogP contribution in [0.4, 0.5) is 0 Å². The molecule has 0 aliphatic heterocycles. The molecule has 114 valence electrons. The molecular formula is C16H13Cl2NO3. The lowest BCUT2D eigenvalue weighted by atomic mass is 10.2. The number of hydrogen-bond acceptors (Lipinski definition) is 3. The van der Waals surface area contributed by atoms with Crippen molar-refractivity contribution in [3.05, 3.63) is 71.8 Å². The van der Waals surface area contributed by atoms with Gasteiger partial charge in [0.05, 0.1) is 6.54 Å². The van der Waals surface area contributed by atoms with Gasteiger partial charge in [0.25, 0.3) is 11.1 Å². The zero-order chi connectivity index (χ0) is 16.4. The molecule has 0 saturated carbocycles. The standard InChI is InChI=1S/C9H8ClNO2.C7H5ClO/c10-8(12)6-11-9(13)7-4-2-1-3-5-7;8-7(9)6-4-2-1-3-5-6/h1-5H,6H2,(H,11,13);1-5H. The number of rotatable bonds is 4. The highest BCUT2D eigenvalue weighted by molar-refractivity contribution is 6.67. The van der Waals surface area contributed by atoms with Crippen molar-refractivity contribution in [1.82, 2.24) is 5.32 Å². The van der Waals surface area contributed by atoms with E-state index >= 15 is 0 Å². The van der Waals surface area contributed by atoms with Gasteiger partial charge in [0.2, 0.25) is 5.24 Å². The second-order valence-electron chi connectivity index (χ2n) is 4.04. The van der Waals surface area contributed by atoms with Crippen LogP contribution in [0.15, 0.2) is 60.7 Å². The molecule has 0 radical (unpaired) electrons. The van der Waals surface area contributed by atoms with Crippen molar-refractivity contribution >= 4 is 39.6 Å². The molecule has 0 bridgehead atoms. The van der Waals surface area contributed by atoms with Crippen LogP contribution in [-0.2, 0) is 4.79 Å². The van der Waals surface area contributed by atoms with E-state index in [1.165, 1.54) is 0 Å². The molecule has 4 nitrogen and oxygen atoms in total. The van der Waals surface area contributed by atoms with E-state index in [1.54, 1.807) is 48.5 Å². The van der Waals surface area contributed by atoms with Crippen molar-refractivity contribution in [2.75, 3.05) is 6.54 Å². The first-order valence-corrected chi connectivity index (χ1v) is 7.02. The van der Waals surface area contributed by atoms with Crippen LogP contribution >= 0.6 is 23.2 Å². The molecule has 0 fully saturated rings. The molecular weight excluding hydrogens is 325 g/mol. The predicted octanol–water partition coefficient (Wildman–Crippen LogP) is 3.25. The van der Waals surface area contributed by atoms with Gasteiger partial charge in [0.1, 0.15) is 0 Å². The lowest BCUT2D eigenvalue weighted by molar-refractivity contribution is -0.110. The van der Waals surface area contributed by atoms with Gasteiger partial charge in [0, 0.05) is 11.1 Å². The highest BCUT2D eigenvalue weighted by Gasteiger charge is 2.04. The van der Waals surface area contributed by atoms with E-state index in [9.17, 15) is 14.4 Å². The minimum absolute atomic E-state index is 0.144. The Balaban J connectivity index is 0.000000235. The molecule has 0 unspecified atom stereocenters. The zero-order valence-corrected chi connectivity index (χ0v) is 13.0. The molecule has 2 aromatic carbocycles. The summed E-state index contributed by atoms with van der Waals surface area (Å²) in [6.07, 6.45) is 0. The average Bonchev–Trinajstić information content (AvgIpc) is 2.55. The average molecular weight is 338 g/mol. The molecule has 1 N–H and O–H groups in total. The summed E-state index contributed by atoms with van der Waals surface area (Å²) in [6, 6.07) is 17.4. The van der Waals surface area contributed by atoms with Gasteiger partial charge in [0.15, 0.2) is 0 Å². The minimum atomic E-state index is -0.579. The van der Waals surface area contributed by atoms with E-state index in [-0.39, 0.29) is 12.5 Å². The summed E-state index contributed by atoms with van der Waals surface area (Å²) >= 11 is 10.2. The molecule has 0 aliphatic rings. The number of carbonyl (C=O) groups is 3. The van der Waals surface area contributed by atoms with E-state index in [2.05, 4.69) is 5.32 Å². The van der Waals surface area contributed by atoms with Gasteiger partial charge in [-0.05, 0) is 35.3 Å². The molecule has 6 heteroatoms. The Morgan fingerprint density at radius 1 is 0.773 bits per heavy atom. The number of hydrogen-bond donors (Lipinski definition) is 1. The normalized spacial score (nSPS) is 9.18. The largest absolute Gasteiger partial charge is 0.344 e. The Morgan fingerprint density at radius 3 is 1.59 bits per heavy atom. The quantitative estimate of drug-likeness (QED) is 0.871. The van der Waals surface area contributed by atoms with Gasteiger partial charge in [-0.25, -0.2) is 0 Å². The fraction of sp³-hybridized carbons (Fsp3) is 0.0625. The minimum Gasteiger partial charge on any atom is -0.344 e. The third-order valence-electron chi connectivity index (χ3n) is 2.42. The van der Waals surface area contributed by atoms with Gasteiger partial charge in [-0.15, -0.1) is 0 Å². The van der Waals surface area contributed by atoms with Crippen molar-refractivity contribution in [2.45, 2.75) is 0 Å². The van der Waals surface area contributed by atoms with Crippen LogP contribution in [0.2, 0.25) is 0 Å². The summed E-state index contributed by atoms with van der Waals surface area (Å²) in [6.45, 7) is -0.144. The van der Waals surface area contributed by atoms with Crippen LogP contribution in [0.1, 0.15) is 20.7 Å². The molecule has 1 amide bonds. The molecule has 0 aliphatic carbocycles. The third kappa shape index (κ3) is 7.02. The summed E-state index contributed by atoms with van der Waals surface area (Å²) in [5, 5.41) is 1.39. The Bertz CT molecular complexity index is 630. The van der Waals surface area contributed by atoms with Crippen LogP contribution in [-0.4, -0.2) is 22.9 Å². The monoisotopic (exact) mass is 337 g/mol. The Kier molecular flexibility index (Phi) is 7.89. The van der Waals surface area contributed by atoms with Crippen molar-refractivity contribution < 1.29 is 14.4 Å². The van der Waals surface area contributed by atoms with Crippen LogP contribution in [0.25, 0.3) is 0 Å². The van der Waals surface area contributed by atoms with Crippen LogP contribution in [0.5, 0.6) is 0 Å². The third-order valence-corrected chi connectivity index (χ3v) is 2.78. The molecule has 0 atom stereocenters. The lowest BCUT2D eigenvalue weighted by Crippen LogP contribution is -2.27. The highest BCUT2D eigenvalue weighted by Crippen LogP contribution is 2.01. The van der Waals surface area contributed by atoms with E-state index in [0.29, 0.717) is 11.1 Å². The Morgan fingerprint density at radius 2 is 1.23 bits per heavy atom. The molecule has 0 spiro atoms. The number of benzene rings is 2. The maximum Gasteiger partial charge on any atom is 0.252 e. The zero-order valence-electron chi connectivity index (χ0n) is 11.5. The van der Waals surface area contributed by atoms with Crippen LogP contribution in [0, 0.1) is 0 Å². The highest BCUT2D eigenvalue weighted by atomic mass is 35.5. The fourth-order valence-corrected chi connectivity index (χ4v) is 1.60. The van der Waals surface area contributed by atoms with Gasteiger partial charge < -0.3 is 5.32 Å². The summed E-state index contributed by atoms with van der Waals surface area (Å²) in [4.78, 5) is 32.0. The SMILES string of the molecule is O=C(Cl)CNC(=O)c1ccccc1.O=C(Cl)c1ccccc1. The number of halogens is 2. The van der Waals surface area contributed by atoms with Crippen molar-refractivity contribution in [3.8, 4) is 0 Å². The van der Waals surface area contributed by atoms with Crippen molar-refractivity contribution in [2.24, 2.45) is 0 Å². The molecule has 2 rings (SSSR count). The second-order valence-corrected chi connectivity index (χ2v) is 4.81. The first-order chi connectivity index (χ1) is 10.5. The van der Waals surface area contributed by atoms with Gasteiger partial charge in [-0.3, -0.25) is 14.4 Å². The molecule has 0 saturated heterocycles. The lowest BCUT2D eigenvalue weighted by Gasteiger charge is -2.00. The van der Waals surface area contributed by atoms with Crippen LogP contribution < -0.4 is 5.32 Å². The summed E-state index contributed by atoms with van der Waals surface area (Å²) in [5.41, 5.74) is 1.06. The maximum absolute atomic E-state index is 11.2. The van der Waals surface area contributed by atoms with Gasteiger partial charge in [-0.2, -0.15) is 0 Å².